The third kappa shape index (κ3) is 3.26. The first kappa shape index (κ1) is 16.1. The van der Waals surface area contributed by atoms with Crippen molar-refractivity contribution in [1.29, 1.82) is 0 Å². The van der Waals surface area contributed by atoms with Crippen molar-refractivity contribution < 1.29 is 18.7 Å². The number of hydrogen-bond donors (Lipinski definition) is 0. The molecule has 0 spiro atoms. The van der Waals surface area contributed by atoms with E-state index in [1.807, 2.05) is 23.1 Å². The highest BCUT2D eigenvalue weighted by Gasteiger charge is 2.48. The van der Waals surface area contributed by atoms with Gasteiger partial charge in [-0.15, -0.1) is 0 Å². The van der Waals surface area contributed by atoms with Gasteiger partial charge in [-0.25, -0.2) is 4.98 Å². The fraction of sp³-hybridized carbons (Fsp3) is 0.474. The van der Waals surface area contributed by atoms with Crippen LogP contribution in [0.5, 0.6) is 5.88 Å². The predicted octanol–water partition coefficient (Wildman–Crippen LogP) is 2.76. The summed E-state index contributed by atoms with van der Waals surface area (Å²) in [4.78, 5) is 18.9. The number of piperidine rings is 1. The van der Waals surface area contributed by atoms with Crippen LogP contribution in [0.3, 0.4) is 0 Å². The summed E-state index contributed by atoms with van der Waals surface area (Å²) in [6, 6.07) is 7.34. The molecule has 0 aliphatic carbocycles. The van der Waals surface area contributed by atoms with Crippen molar-refractivity contribution in [2.75, 3.05) is 26.3 Å². The van der Waals surface area contributed by atoms with Crippen LogP contribution in [0.15, 0.2) is 47.4 Å². The molecule has 2 unspecified atom stereocenters. The standard InChI is InChI=1S/C19H22N2O4/c22-18(15-6-11-23-12-15)21-9-5-16-19(13-21,7-3-10-24-16)14-25-17-4-1-2-8-20-17/h1-2,4,6,8,11-12,16H,3,5,7,9-10,13-14H2. The molecule has 2 atom stereocenters. The molecule has 2 aliphatic heterocycles. The molecule has 2 aliphatic rings. The minimum Gasteiger partial charge on any atom is -0.477 e. The van der Waals surface area contributed by atoms with Gasteiger partial charge in [-0.1, -0.05) is 6.07 Å². The Bertz CT molecular complexity index is 703. The van der Waals surface area contributed by atoms with E-state index in [1.165, 1.54) is 12.5 Å². The number of carbonyl (C=O) groups is 1. The summed E-state index contributed by atoms with van der Waals surface area (Å²) in [6.07, 6.45) is 7.67. The van der Waals surface area contributed by atoms with Crippen LogP contribution in [0, 0.1) is 5.41 Å². The van der Waals surface area contributed by atoms with Crippen LogP contribution in [0.4, 0.5) is 0 Å². The first-order valence-electron chi connectivity index (χ1n) is 8.74. The Labute approximate surface area is 146 Å². The van der Waals surface area contributed by atoms with Crippen molar-refractivity contribution in [1.82, 2.24) is 9.88 Å². The molecular weight excluding hydrogens is 320 g/mol. The molecule has 2 aromatic heterocycles. The molecule has 132 valence electrons. The summed E-state index contributed by atoms with van der Waals surface area (Å²) < 4.78 is 17.1. The summed E-state index contributed by atoms with van der Waals surface area (Å²) in [7, 11) is 0. The van der Waals surface area contributed by atoms with Crippen molar-refractivity contribution in [2.45, 2.75) is 25.4 Å². The molecule has 4 rings (SSSR count). The molecule has 2 aromatic rings. The number of nitrogens with zero attached hydrogens (tertiary/aromatic N) is 2. The third-order valence-electron chi connectivity index (χ3n) is 5.19. The molecule has 2 saturated heterocycles. The first-order valence-corrected chi connectivity index (χ1v) is 8.74. The summed E-state index contributed by atoms with van der Waals surface area (Å²) in [5.74, 6) is 0.620. The van der Waals surface area contributed by atoms with Gasteiger partial charge in [0.1, 0.15) is 6.26 Å². The number of furan rings is 1. The maximum Gasteiger partial charge on any atom is 0.257 e. The van der Waals surface area contributed by atoms with E-state index in [0.717, 1.165) is 25.9 Å². The maximum atomic E-state index is 12.7. The smallest absolute Gasteiger partial charge is 0.257 e. The average Bonchev–Trinajstić information content (AvgIpc) is 3.21. The molecule has 0 radical (unpaired) electrons. The van der Waals surface area contributed by atoms with Crippen LogP contribution in [-0.4, -0.2) is 48.2 Å². The second-order valence-corrected chi connectivity index (χ2v) is 6.81. The largest absolute Gasteiger partial charge is 0.477 e. The number of rotatable bonds is 4. The van der Waals surface area contributed by atoms with Gasteiger partial charge < -0.3 is 18.8 Å². The van der Waals surface area contributed by atoms with Crippen molar-refractivity contribution in [3.63, 3.8) is 0 Å². The maximum absolute atomic E-state index is 12.7. The van der Waals surface area contributed by atoms with Gasteiger partial charge in [0.05, 0.1) is 24.5 Å². The summed E-state index contributed by atoms with van der Waals surface area (Å²) in [5.41, 5.74) is 0.406. The molecular formula is C19H22N2O4. The van der Waals surface area contributed by atoms with Crippen molar-refractivity contribution in [3.8, 4) is 5.88 Å². The Kier molecular flexibility index (Phi) is 4.44. The molecule has 1 amide bonds. The van der Waals surface area contributed by atoms with E-state index in [2.05, 4.69) is 4.98 Å². The van der Waals surface area contributed by atoms with E-state index in [0.29, 0.717) is 31.1 Å². The lowest BCUT2D eigenvalue weighted by Crippen LogP contribution is -2.58. The van der Waals surface area contributed by atoms with Crippen molar-refractivity contribution >= 4 is 5.91 Å². The Hall–Kier alpha value is -2.34. The second kappa shape index (κ2) is 6.88. The molecule has 2 fully saturated rings. The Morgan fingerprint density at radius 3 is 3.16 bits per heavy atom. The van der Waals surface area contributed by atoms with E-state index in [1.54, 1.807) is 12.3 Å². The fourth-order valence-electron chi connectivity index (χ4n) is 3.89. The fourth-order valence-corrected chi connectivity index (χ4v) is 3.89. The molecule has 6 nitrogen and oxygen atoms in total. The lowest BCUT2D eigenvalue weighted by molar-refractivity contribution is -0.133. The van der Waals surface area contributed by atoms with Gasteiger partial charge in [-0.2, -0.15) is 0 Å². The van der Waals surface area contributed by atoms with Crippen LogP contribution < -0.4 is 4.74 Å². The zero-order valence-corrected chi connectivity index (χ0v) is 14.1. The Morgan fingerprint density at radius 2 is 2.36 bits per heavy atom. The molecule has 0 aromatic carbocycles. The Morgan fingerprint density at radius 1 is 1.40 bits per heavy atom. The quantitative estimate of drug-likeness (QED) is 0.855. The highest BCUT2D eigenvalue weighted by molar-refractivity contribution is 5.93. The zero-order chi connectivity index (χ0) is 17.1. The second-order valence-electron chi connectivity index (χ2n) is 6.81. The topological polar surface area (TPSA) is 64.8 Å². The average molecular weight is 342 g/mol. The summed E-state index contributed by atoms with van der Waals surface area (Å²) >= 11 is 0. The minimum atomic E-state index is -0.187. The predicted molar refractivity (Wildman–Crippen MR) is 90.4 cm³/mol. The zero-order valence-electron chi connectivity index (χ0n) is 14.1. The number of carbonyl (C=O) groups excluding carboxylic acids is 1. The minimum absolute atomic E-state index is 0.00924. The normalized spacial score (nSPS) is 26.1. The van der Waals surface area contributed by atoms with Gasteiger partial charge in [0.2, 0.25) is 5.88 Å². The monoisotopic (exact) mass is 342 g/mol. The van der Waals surface area contributed by atoms with E-state index in [-0.39, 0.29) is 17.4 Å². The lowest BCUT2D eigenvalue weighted by Gasteiger charge is -2.50. The molecule has 6 heteroatoms. The first-order chi connectivity index (χ1) is 12.3. The molecule has 0 bridgehead atoms. The molecule has 4 heterocycles. The van der Waals surface area contributed by atoms with Gasteiger partial charge >= 0.3 is 0 Å². The number of likely N-dealkylation sites (tertiary alicyclic amines) is 1. The van der Waals surface area contributed by atoms with Crippen LogP contribution in [-0.2, 0) is 4.74 Å². The van der Waals surface area contributed by atoms with E-state index < -0.39 is 0 Å². The van der Waals surface area contributed by atoms with E-state index >= 15 is 0 Å². The highest BCUT2D eigenvalue weighted by Crippen LogP contribution is 2.40. The lowest BCUT2D eigenvalue weighted by atomic mass is 9.73. The molecule has 0 N–H and O–H groups in total. The van der Waals surface area contributed by atoms with Crippen molar-refractivity contribution in [2.24, 2.45) is 5.41 Å². The molecule has 0 saturated carbocycles. The highest BCUT2D eigenvalue weighted by atomic mass is 16.5. The van der Waals surface area contributed by atoms with Crippen LogP contribution in [0.1, 0.15) is 29.6 Å². The van der Waals surface area contributed by atoms with Gasteiger partial charge in [-0.05, 0) is 31.4 Å². The number of aromatic nitrogens is 1. The number of ether oxygens (including phenoxy) is 2. The van der Waals surface area contributed by atoms with Gasteiger partial charge in [0.25, 0.3) is 5.91 Å². The number of fused-ring (bicyclic) bond motifs is 1. The van der Waals surface area contributed by atoms with Crippen LogP contribution >= 0.6 is 0 Å². The van der Waals surface area contributed by atoms with Gasteiger partial charge in [0, 0.05) is 37.4 Å². The summed E-state index contributed by atoms with van der Waals surface area (Å²) in [6.45, 7) is 2.62. The number of amides is 1. The van der Waals surface area contributed by atoms with Crippen LogP contribution in [0.2, 0.25) is 0 Å². The SMILES string of the molecule is O=C(c1ccoc1)N1CCC2OCCCC2(COc2ccccn2)C1. The molecule has 25 heavy (non-hydrogen) atoms. The van der Waals surface area contributed by atoms with E-state index in [4.69, 9.17) is 13.9 Å². The third-order valence-corrected chi connectivity index (χ3v) is 5.19. The summed E-state index contributed by atoms with van der Waals surface area (Å²) in [5, 5.41) is 0. The Balaban J connectivity index is 1.51. The van der Waals surface area contributed by atoms with Crippen LogP contribution in [0.25, 0.3) is 0 Å². The van der Waals surface area contributed by atoms with E-state index in [9.17, 15) is 4.79 Å². The number of hydrogen-bond acceptors (Lipinski definition) is 5. The van der Waals surface area contributed by atoms with Crippen molar-refractivity contribution in [3.05, 3.63) is 48.6 Å². The van der Waals surface area contributed by atoms with Gasteiger partial charge in [0.15, 0.2) is 0 Å². The number of pyridine rings is 1. The van der Waals surface area contributed by atoms with Gasteiger partial charge in [-0.3, -0.25) is 4.79 Å².